The van der Waals surface area contributed by atoms with E-state index in [-0.39, 0.29) is 0 Å². The van der Waals surface area contributed by atoms with E-state index in [1.807, 2.05) is 0 Å². The molecule has 0 saturated carbocycles. The molecule has 0 bridgehead atoms. The summed E-state index contributed by atoms with van der Waals surface area (Å²) in [4.78, 5) is 0. The van der Waals surface area contributed by atoms with Crippen molar-refractivity contribution in [2.75, 3.05) is 0 Å². The first-order valence-electron chi connectivity index (χ1n) is 6.88. The molecule has 1 atom stereocenters. The Hall–Kier alpha value is 0.174. The lowest BCUT2D eigenvalue weighted by Crippen LogP contribution is -2.30. The molecule has 0 aliphatic carbocycles. The monoisotopic (exact) mass is 256 g/mol. The summed E-state index contributed by atoms with van der Waals surface area (Å²) >= 11 is 0. The molecule has 0 nitrogen and oxygen atoms in total. The summed E-state index contributed by atoms with van der Waals surface area (Å²) in [5, 5.41) is 0. The van der Waals surface area contributed by atoms with Crippen molar-refractivity contribution in [3.05, 3.63) is 11.8 Å². The molecule has 96 valence electrons. The zero-order valence-electron chi connectivity index (χ0n) is 12.6. The van der Waals surface area contributed by atoms with Crippen LogP contribution in [0.5, 0.6) is 0 Å². The summed E-state index contributed by atoms with van der Waals surface area (Å²) in [5.74, 6) is 0. The molecule has 0 heterocycles. The maximum Gasteiger partial charge on any atom is 0.0682 e. The molecular weight excluding hydrogens is 224 g/mol. The van der Waals surface area contributed by atoms with Gasteiger partial charge in [0.2, 0.25) is 0 Å². The van der Waals surface area contributed by atoms with Crippen LogP contribution in [0.2, 0.25) is 44.3 Å². The van der Waals surface area contributed by atoms with Crippen molar-refractivity contribution >= 4 is 16.1 Å². The van der Waals surface area contributed by atoms with Crippen molar-refractivity contribution in [1.29, 1.82) is 0 Å². The lowest BCUT2D eigenvalue weighted by atomic mass is 10.3. The van der Waals surface area contributed by atoms with Gasteiger partial charge < -0.3 is 0 Å². The Bertz CT molecular complexity index is 211. The SMILES string of the molecule is CCCCC[Si](C)(C)C(C)/C=C\[Si](C)(C)C. The van der Waals surface area contributed by atoms with Gasteiger partial charge in [-0.15, -0.1) is 0 Å². The van der Waals surface area contributed by atoms with Gasteiger partial charge in [0.05, 0.1) is 16.1 Å². The average molecular weight is 257 g/mol. The van der Waals surface area contributed by atoms with E-state index in [0.717, 1.165) is 5.54 Å². The van der Waals surface area contributed by atoms with Gasteiger partial charge in [-0.05, 0) is 5.54 Å². The van der Waals surface area contributed by atoms with Gasteiger partial charge in [0.25, 0.3) is 0 Å². The van der Waals surface area contributed by atoms with Crippen LogP contribution in [0.1, 0.15) is 33.1 Å². The Labute approximate surface area is 106 Å². The molecule has 0 radical (unpaired) electrons. The highest BCUT2D eigenvalue weighted by Crippen LogP contribution is 2.29. The van der Waals surface area contributed by atoms with Gasteiger partial charge in [-0.2, -0.15) is 0 Å². The summed E-state index contributed by atoms with van der Waals surface area (Å²) < 4.78 is 0. The molecule has 0 aromatic rings. The van der Waals surface area contributed by atoms with E-state index < -0.39 is 16.1 Å². The summed E-state index contributed by atoms with van der Waals surface area (Å²) in [6.07, 6.45) is 6.75. The van der Waals surface area contributed by atoms with Crippen molar-refractivity contribution in [3.8, 4) is 0 Å². The largest absolute Gasteiger partial charge is 0.0989 e. The highest BCUT2D eigenvalue weighted by atomic mass is 28.3. The van der Waals surface area contributed by atoms with E-state index in [1.54, 1.807) is 0 Å². The van der Waals surface area contributed by atoms with Crippen LogP contribution >= 0.6 is 0 Å². The van der Waals surface area contributed by atoms with Gasteiger partial charge >= 0.3 is 0 Å². The molecule has 0 rings (SSSR count). The van der Waals surface area contributed by atoms with Crippen LogP contribution in [0.15, 0.2) is 11.8 Å². The highest BCUT2D eigenvalue weighted by Gasteiger charge is 2.26. The van der Waals surface area contributed by atoms with E-state index in [1.165, 1.54) is 25.3 Å². The van der Waals surface area contributed by atoms with E-state index in [9.17, 15) is 0 Å². The van der Waals surface area contributed by atoms with Crippen LogP contribution in [-0.4, -0.2) is 16.1 Å². The molecule has 0 aromatic heterocycles. The fourth-order valence-corrected chi connectivity index (χ4v) is 5.04. The van der Waals surface area contributed by atoms with Gasteiger partial charge in [0, 0.05) is 0 Å². The number of hydrogen-bond donors (Lipinski definition) is 0. The number of unbranched alkanes of at least 4 members (excludes halogenated alkanes) is 2. The van der Waals surface area contributed by atoms with Gasteiger partial charge in [0.1, 0.15) is 0 Å². The maximum atomic E-state index is 2.56. The maximum absolute atomic E-state index is 2.56. The molecule has 0 N–H and O–H groups in total. The molecule has 0 fully saturated rings. The third-order valence-electron chi connectivity index (χ3n) is 3.54. The molecule has 0 aromatic carbocycles. The molecular formula is C14H32Si2. The van der Waals surface area contributed by atoms with E-state index in [0.29, 0.717) is 0 Å². The third-order valence-corrected chi connectivity index (χ3v) is 9.03. The Morgan fingerprint density at radius 1 is 1.00 bits per heavy atom. The second-order valence-corrected chi connectivity index (χ2v) is 17.4. The molecule has 0 aliphatic rings. The second kappa shape index (κ2) is 6.80. The van der Waals surface area contributed by atoms with Crippen LogP contribution < -0.4 is 0 Å². The Morgan fingerprint density at radius 2 is 1.56 bits per heavy atom. The van der Waals surface area contributed by atoms with E-state index in [2.05, 4.69) is 58.4 Å². The normalized spacial score (nSPS) is 15.7. The summed E-state index contributed by atoms with van der Waals surface area (Å²) in [6.45, 7) is 17.1. The minimum atomic E-state index is -1.01. The Morgan fingerprint density at radius 3 is 2.00 bits per heavy atom. The fourth-order valence-electron chi connectivity index (χ4n) is 1.75. The number of rotatable bonds is 7. The lowest BCUT2D eigenvalue weighted by molar-refractivity contribution is 0.758. The minimum Gasteiger partial charge on any atom is -0.0989 e. The fraction of sp³-hybridized carbons (Fsp3) is 0.857. The van der Waals surface area contributed by atoms with Crippen LogP contribution in [0.3, 0.4) is 0 Å². The van der Waals surface area contributed by atoms with E-state index in [4.69, 9.17) is 0 Å². The smallest absolute Gasteiger partial charge is 0.0682 e. The van der Waals surface area contributed by atoms with Crippen molar-refractivity contribution in [2.24, 2.45) is 0 Å². The summed E-state index contributed by atoms with van der Waals surface area (Å²) in [7, 11) is -2.00. The first-order valence-corrected chi connectivity index (χ1v) is 13.7. The van der Waals surface area contributed by atoms with Crippen LogP contribution in [0.4, 0.5) is 0 Å². The van der Waals surface area contributed by atoms with Crippen molar-refractivity contribution in [3.63, 3.8) is 0 Å². The predicted octanol–water partition coefficient (Wildman–Crippen LogP) is 5.71. The minimum absolute atomic E-state index is 0.844. The van der Waals surface area contributed by atoms with Gasteiger partial charge in [-0.25, -0.2) is 0 Å². The number of hydrogen-bond acceptors (Lipinski definition) is 0. The van der Waals surface area contributed by atoms with E-state index >= 15 is 0 Å². The third kappa shape index (κ3) is 7.45. The average Bonchev–Trinajstić information content (AvgIpc) is 2.13. The van der Waals surface area contributed by atoms with Crippen LogP contribution in [0, 0.1) is 0 Å². The van der Waals surface area contributed by atoms with Gasteiger partial charge in [-0.3, -0.25) is 0 Å². The molecule has 0 spiro atoms. The Balaban J connectivity index is 4.23. The topological polar surface area (TPSA) is 0 Å². The first-order chi connectivity index (χ1) is 7.19. The van der Waals surface area contributed by atoms with Gasteiger partial charge in [0.15, 0.2) is 0 Å². The number of allylic oxidation sites excluding steroid dienone is 1. The van der Waals surface area contributed by atoms with Crippen molar-refractivity contribution in [2.45, 2.75) is 77.4 Å². The molecule has 1 unspecified atom stereocenters. The zero-order valence-corrected chi connectivity index (χ0v) is 14.6. The molecule has 16 heavy (non-hydrogen) atoms. The molecule has 2 heteroatoms. The molecule has 0 saturated heterocycles. The first kappa shape index (κ1) is 16.2. The molecule has 0 amide bonds. The van der Waals surface area contributed by atoms with Crippen LogP contribution in [0.25, 0.3) is 0 Å². The zero-order chi connectivity index (χ0) is 12.8. The van der Waals surface area contributed by atoms with Crippen molar-refractivity contribution < 1.29 is 0 Å². The lowest BCUT2D eigenvalue weighted by Gasteiger charge is -2.28. The van der Waals surface area contributed by atoms with Crippen molar-refractivity contribution in [1.82, 2.24) is 0 Å². The Kier molecular flexibility index (Phi) is 6.87. The van der Waals surface area contributed by atoms with Gasteiger partial charge in [-0.1, -0.05) is 83.7 Å². The molecule has 0 aliphatic heterocycles. The summed E-state index contributed by atoms with van der Waals surface area (Å²) in [6, 6.07) is 1.50. The second-order valence-electron chi connectivity index (χ2n) is 6.96. The quantitative estimate of drug-likeness (QED) is 0.404. The van der Waals surface area contributed by atoms with Crippen LogP contribution in [-0.2, 0) is 0 Å². The standard InChI is InChI=1S/C14H32Si2/c1-8-9-10-12-16(6,7)14(2)11-13-15(3,4)5/h11,13-14H,8-10,12H2,1-7H3/b13-11-. The highest BCUT2D eigenvalue weighted by molar-refractivity contribution is 6.82. The summed E-state index contributed by atoms with van der Waals surface area (Å²) in [5.41, 5.74) is 3.38. The predicted molar refractivity (Wildman–Crippen MR) is 83.7 cm³/mol.